The van der Waals surface area contributed by atoms with Gasteiger partial charge in [-0.05, 0) is 71.3 Å². The van der Waals surface area contributed by atoms with Gasteiger partial charge in [-0.15, -0.1) is 0 Å². The monoisotopic (exact) mass is 490 g/mol. The van der Waals surface area contributed by atoms with Crippen LogP contribution in [0.4, 0.5) is 17.1 Å². The zero-order valence-corrected chi connectivity index (χ0v) is 20.8. The number of para-hydroxylation sites is 3. The maximum atomic E-state index is 10.8. The average Bonchev–Trinajstić information content (AvgIpc) is 2.98. The van der Waals surface area contributed by atoms with E-state index >= 15 is 0 Å². The van der Waals surface area contributed by atoms with Crippen molar-refractivity contribution in [2.75, 3.05) is 4.90 Å². The molecule has 0 aliphatic carbocycles. The molecule has 0 saturated carbocycles. The molecule has 0 radical (unpaired) electrons. The molecular formula is C35H26N2O. The molecule has 0 fully saturated rings. The number of benzene rings is 5. The number of aromatic hydroxyl groups is 1. The Morgan fingerprint density at radius 3 is 1.79 bits per heavy atom. The van der Waals surface area contributed by atoms with Crippen molar-refractivity contribution in [3.63, 3.8) is 0 Å². The number of pyridine rings is 1. The molecule has 0 bridgehead atoms. The number of fused-ring (bicyclic) bond motifs is 1. The minimum atomic E-state index is 0.247. The van der Waals surface area contributed by atoms with E-state index in [0.29, 0.717) is 0 Å². The van der Waals surface area contributed by atoms with Crippen molar-refractivity contribution in [1.82, 2.24) is 4.98 Å². The lowest BCUT2D eigenvalue weighted by atomic mass is 10.0. The van der Waals surface area contributed by atoms with Crippen molar-refractivity contribution in [1.29, 1.82) is 0 Å². The predicted octanol–water partition coefficient (Wildman–Crippen LogP) is 9.25. The fourth-order valence-corrected chi connectivity index (χ4v) is 4.71. The van der Waals surface area contributed by atoms with Crippen molar-refractivity contribution in [3.8, 4) is 16.9 Å². The lowest BCUT2D eigenvalue weighted by Gasteiger charge is -2.25. The van der Waals surface area contributed by atoms with Gasteiger partial charge in [-0.3, -0.25) is 4.98 Å². The van der Waals surface area contributed by atoms with Gasteiger partial charge in [0.2, 0.25) is 0 Å². The van der Waals surface area contributed by atoms with Gasteiger partial charge in [0.15, 0.2) is 0 Å². The van der Waals surface area contributed by atoms with Crippen LogP contribution in [0.25, 0.3) is 34.2 Å². The van der Waals surface area contributed by atoms with Gasteiger partial charge < -0.3 is 10.0 Å². The van der Waals surface area contributed by atoms with Gasteiger partial charge >= 0.3 is 0 Å². The summed E-state index contributed by atoms with van der Waals surface area (Å²) < 4.78 is 0. The third kappa shape index (κ3) is 4.78. The van der Waals surface area contributed by atoms with E-state index in [0.717, 1.165) is 50.2 Å². The highest BCUT2D eigenvalue weighted by Gasteiger charge is 2.12. The molecule has 3 heteroatoms. The highest BCUT2D eigenvalue weighted by molar-refractivity contribution is 5.91. The van der Waals surface area contributed by atoms with Crippen LogP contribution in [0.3, 0.4) is 0 Å². The maximum Gasteiger partial charge on any atom is 0.123 e. The smallest absolute Gasteiger partial charge is 0.123 e. The first-order chi connectivity index (χ1) is 18.8. The van der Waals surface area contributed by atoms with E-state index in [4.69, 9.17) is 0 Å². The molecule has 1 heterocycles. The quantitative estimate of drug-likeness (QED) is 0.253. The van der Waals surface area contributed by atoms with Crippen LogP contribution >= 0.6 is 0 Å². The van der Waals surface area contributed by atoms with Crippen LogP contribution in [0.15, 0.2) is 140 Å². The standard InChI is InChI=1S/C35H26N2O/c38-35-25-29(18-17-28(35)16-15-27-23-24-36-34-14-8-7-13-33(27)34)26-19-21-32(22-20-26)37(30-9-3-1-4-10-30)31-11-5-2-6-12-31/h1-25,38H. The molecule has 6 aromatic rings. The molecule has 38 heavy (non-hydrogen) atoms. The second kappa shape index (κ2) is 10.5. The van der Waals surface area contributed by atoms with Crippen molar-refractivity contribution >= 4 is 40.1 Å². The van der Waals surface area contributed by atoms with Crippen LogP contribution in [-0.2, 0) is 0 Å². The Hall–Kier alpha value is -5.15. The van der Waals surface area contributed by atoms with E-state index in [-0.39, 0.29) is 5.75 Å². The number of rotatable bonds is 6. The van der Waals surface area contributed by atoms with E-state index < -0.39 is 0 Å². The van der Waals surface area contributed by atoms with Gasteiger partial charge in [0.05, 0.1) is 5.52 Å². The van der Waals surface area contributed by atoms with Gasteiger partial charge in [0, 0.05) is 34.2 Å². The molecule has 1 N–H and O–H groups in total. The van der Waals surface area contributed by atoms with Crippen molar-refractivity contribution in [3.05, 3.63) is 151 Å². The molecule has 182 valence electrons. The van der Waals surface area contributed by atoms with Gasteiger partial charge in [0.25, 0.3) is 0 Å². The van der Waals surface area contributed by atoms with Gasteiger partial charge in [-0.1, -0.05) is 91.0 Å². The van der Waals surface area contributed by atoms with Crippen LogP contribution in [-0.4, -0.2) is 10.1 Å². The molecule has 0 aliphatic heterocycles. The Morgan fingerprint density at radius 1 is 0.526 bits per heavy atom. The molecule has 3 nitrogen and oxygen atoms in total. The highest BCUT2D eigenvalue weighted by Crippen LogP contribution is 2.36. The van der Waals surface area contributed by atoms with Crippen LogP contribution in [0.2, 0.25) is 0 Å². The summed E-state index contributed by atoms with van der Waals surface area (Å²) in [7, 11) is 0. The highest BCUT2D eigenvalue weighted by atomic mass is 16.3. The van der Waals surface area contributed by atoms with Crippen LogP contribution < -0.4 is 4.90 Å². The SMILES string of the molecule is Oc1cc(-c2ccc(N(c3ccccc3)c3ccccc3)cc2)ccc1C=Cc1ccnc2ccccc12. The first kappa shape index (κ1) is 23.3. The molecule has 0 spiro atoms. The molecule has 0 unspecified atom stereocenters. The minimum absolute atomic E-state index is 0.247. The summed E-state index contributed by atoms with van der Waals surface area (Å²) in [5.41, 5.74) is 8.06. The largest absolute Gasteiger partial charge is 0.507 e. The lowest BCUT2D eigenvalue weighted by Crippen LogP contribution is -2.09. The van der Waals surface area contributed by atoms with Crippen LogP contribution in [0, 0.1) is 0 Å². The Labute approximate surface area is 222 Å². The number of phenols is 1. The fraction of sp³-hybridized carbons (Fsp3) is 0. The first-order valence-corrected chi connectivity index (χ1v) is 12.6. The van der Waals surface area contributed by atoms with Crippen molar-refractivity contribution in [2.24, 2.45) is 0 Å². The molecule has 6 rings (SSSR count). The number of hydrogen-bond donors (Lipinski definition) is 1. The summed E-state index contributed by atoms with van der Waals surface area (Å²) in [5, 5.41) is 11.9. The van der Waals surface area contributed by atoms with Crippen molar-refractivity contribution in [2.45, 2.75) is 0 Å². The molecule has 5 aromatic carbocycles. The van der Waals surface area contributed by atoms with E-state index in [1.807, 2.05) is 72.9 Å². The van der Waals surface area contributed by atoms with Crippen LogP contribution in [0.1, 0.15) is 11.1 Å². The molecular weight excluding hydrogens is 464 g/mol. The topological polar surface area (TPSA) is 36.4 Å². The van der Waals surface area contributed by atoms with Crippen LogP contribution in [0.5, 0.6) is 5.75 Å². The summed E-state index contributed by atoms with van der Waals surface area (Å²) in [6.07, 6.45) is 5.78. The summed E-state index contributed by atoms with van der Waals surface area (Å²) in [6, 6.07) is 45.0. The number of aromatic nitrogens is 1. The number of phenolic OH excluding ortho intramolecular Hbond substituents is 1. The second-order valence-electron chi connectivity index (χ2n) is 9.08. The molecule has 1 aromatic heterocycles. The summed E-state index contributed by atoms with van der Waals surface area (Å²) in [5.74, 6) is 0.247. The van der Waals surface area contributed by atoms with Crippen molar-refractivity contribution < 1.29 is 5.11 Å². The maximum absolute atomic E-state index is 10.8. The molecule has 0 atom stereocenters. The zero-order chi connectivity index (χ0) is 25.7. The molecule has 0 amide bonds. The Balaban J connectivity index is 1.27. The van der Waals surface area contributed by atoms with Gasteiger partial charge in [-0.25, -0.2) is 0 Å². The number of nitrogens with zero attached hydrogens (tertiary/aromatic N) is 2. The van der Waals surface area contributed by atoms with Gasteiger partial charge in [-0.2, -0.15) is 0 Å². The second-order valence-corrected chi connectivity index (χ2v) is 9.08. The third-order valence-corrected chi connectivity index (χ3v) is 6.64. The zero-order valence-electron chi connectivity index (χ0n) is 20.8. The summed E-state index contributed by atoms with van der Waals surface area (Å²) >= 11 is 0. The molecule has 0 saturated heterocycles. The minimum Gasteiger partial charge on any atom is -0.507 e. The van der Waals surface area contributed by atoms with E-state index in [1.54, 1.807) is 0 Å². The Kier molecular flexibility index (Phi) is 6.40. The summed E-state index contributed by atoms with van der Waals surface area (Å²) in [6.45, 7) is 0. The molecule has 0 aliphatic rings. The fourth-order valence-electron chi connectivity index (χ4n) is 4.71. The van der Waals surface area contributed by atoms with E-state index in [1.165, 1.54) is 0 Å². The van der Waals surface area contributed by atoms with E-state index in [2.05, 4.69) is 88.7 Å². The third-order valence-electron chi connectivity index (χ3n) is 6.64. The summed E-state index contributed by atoms with van der Waals surface area (Å²) in [4.78, 5) is 6.66. The van der Waals surface area contributed by atoms with E-state index in [9.17, 15) is 5.11 Å². The average molecular weight is 491 g/mol. The first-order valence-electron chi connectivity index (χ1n) is 12.6. The Morgan fingerprint density at radius 2 is 1.11 bits per heavy atom. The lowest BCUT2D eigenvalue weighted by molar-refractivity contribution is 0.474. The Bertz CT molecular complexity index is 1660. The number of anilines is 3. The normalized spacial score (nSPS) is 11.2. The predicted molar refractivity (Wildman–Crippen MR) is 159 cm³/mol. The van der Waals surface area contributed by atoms with Gasteiger partial charge in [0.1, 0.15) is 5.75 Å². The number of hydrogen-bond acceptors (Lipinski definition) is 3.